The third kappa shape index (κ3) is 4.95. The summed E-state index contributed by atoms with van der Waals surface area (Å²) in [5, 5.41) is 5.58. The van der Waals surface area contributed by atoms with Gasteiger partial charge in [-0.1, -0.05) is 30.3 Å². The topological polar surface area (TPSA) is 87.7 Å². The summed E-state index contributed by atoms with van der Waals surface area (Å²) in [6.07, 6.45) is 2.30. The van der Waals surface area contributed by atoms with Gasteiger partial charge in [-0.25, -0.2) is 13.2 Å². The van der Waals surface area contributed by atoms with Crippen molar-refractivity contribution in [1.29, 1.82) is 0 Å². The fourth-order valence-electron chi connectivity index (χ4n) is 3.18. The summed E-state index contributed by atoms with van der Waals surface area (Å²) in [5.74, 6) is 0.615. The number of methoxy groups -OCH3 is 1. The molecule has 0 aromatic heterocycles. The monoisotopic (exact) mass is 403 g/mol. The molecule has 0 spiro atoms. The summed E-state index contributed by atoms with van der Waals surface area (Å²) >= 11 is 0. The number of carbonyl (C=O) groups excluding carboxylic acids is 1. The van der Waals surface area contributed by atoms with E-state index in [4.69, 9.17) is 4.74 Å². The first-order valence-electron chi connectivity index (χ1n) is 9.27. The molecule has 8 heteroatoms. The number of urea groups is 1. The van der Waals surface area contributed by atoms with Gasteiger partial charge in [-0.05, 0) is 43.0 Å². The van der Waals surface area contributed by atoms with E-state index in [2.05, 4.69) is 22.8 Å². The van der Waals surface area contributed by atoms with Crippen LogP contribution in [0.25, 0.3) is 0 Å². The summed E-state index contributed by atoms with van der Waals surface area (Å²) < 4.78 is 30.9. The van der Waals surface area contributed by atoms with Crippen molar-refractivity contribution in [3.05, 3.63) is 54.1 Å². The number of nitrogens with zero attached hydrogens (tertiary/aromatic N) is 1. The number of carbonyl (C=O) groups is 1. The van der Waals surface area contributed by atoms with Crippen LogP contribution in [0.3, 0.4) is 0 Å². The van der Waals surface area contributed by atoms with Crippen LogP contribution in [0.4, 0.5) is 16.2 Å². The summed E-state index contributed by atoms with van der Waals surface area (Å²) in [5.41, 5.74) is 2.19. The van der Waals surface area contributed by atoms with Crippen LogP contribution in [-0.2, 0) is 16.4 Å². The van der Waals surface area contributed by atoms with Crippen molar-refractivity contribution in [1.82, 2.24) is 5.32 Å². The molecule has 0 radical (unpaired) electrons. The van der Waals surface area contributed by atoms with Gasteiger partial charge in [0.15, 0.2) is 0 Å². The Balaban J connectivity index is 1.59. The van der Waals surface area contributed by atoms with Crippen molar-refractivity contribution in [3.63, 3.8) is 0 Å². The number of sulfonamides is 1. The largest absolute Gasteiger partial charge is 0.495 e. The van der Waals surface area contributed by atoms with Crippen molar-refractivity contribution < 1.29 is 17.9 Å². The number of amides is 2. The van der Waals surface area contributed by atoms with Crippen molar-refractivity contribution in [2.45, 2.75) is 19.3 Å². The molecule has 2 N–H and O–H groups in total. The number of nitrogens with one attached hydrogen (secondary N) is 2. The fraction of sp³-hybridized carbons (Fsp3) is 0.350. The first-order chi connectivity index (χ1) is 13.5. The summed E-state index contributed by atoms with van der Waals surface area (Å²) in [6.45, 7) is 0.975. The average molecular weight is 404 g/mol. The van der Waals surface area contributed by atoms with Gasteiger partial charge in [0.05, 0.1) is 24.2 Å². The van der Waals surface area contributed by atoms with E-state index >= 15 is 0 Å². The number of anilines is 2. The van der Waals surface area contributed by atoms with Gasteiger partial charge in [0.25, 0.3) is 0 Å². The van der Waals surface area contributed by atoms with Gasteiger partial charge in [-0.2, -0.15) is 0 Å². The van der Waals surface area contributed by atoms with Crippen LogP contribution in [0.5, 0.6) is 5.75 Å². The SMILES string of the molecule is COc1ccc(N2CCCS2(=O)=O)cc1NC(=O)NCCCc1ccccc1. The van der Waals surface area contributed by atoms with Gasteiger partial charge in [-0.3, -0.25) is 4.31 Å². The van der Waals surface area contributed by atoms with Crippen molar-refractivity contribution >= 4 is 27.4 Å². The van der Waals surface area contributed by atoms with E-state index in [1.807, 2.05) is 18.2 Å². The predicted molar refractivity (Wildman–Crippen MR) is 111 cm³/mol. The maximum Gasteiger partial charge on any atom is 0.319 e. The zero-order valence-corrected chi connectivity index (χ0v) is 16.7. The summed E-state index contributed by atoms with van der Waals surface area (Å²) in [7, 11) is -1.78. The van der Waals surface area contributed by atoms with E-state index in [0.717, 1.165) is 12.8 Å². The van der Waals surface area contributed by atoms with E-state index in [-0.39, 0.29) is 11.8 Å². The molecule has 28 heavy (non-hydrogen) atoms. The van der Waals surface area contributed by atoms with E-state index < -0.39 is 10.0 Å². The smallest absolute Gasteiger partial charge is 0.319 e. The third-order valence-corrected chi connectivity index (χ3v) is 6.46. The molecule has 2 amide bonds. The van der Waals surface area contributed by atoms with Gasteiger partial charge < -0.3 is 15.4 Å². The predicted octanol–water partition coefficient (Wildman–Crippen LogP) is 2.99. The van der Waals surface area contributed by atoms with Crippen LogP contribution >= 0.6 is 0 Å². The molecule has 0 unspecified atom stereocenters. The van der Waals surface area contributed by atoms with E-state index in [1.54, 1.807) is 18.2 Å². The first kappa shape index (κ1) is 20.0. The Morgan fingerprint density at radius 2 is 1.96 bits per heavy atom. The molecule has 0 atom stereocenters. The van der Waals surface area contributed by atoms with Crippen LogP contribution in [0.1, 0.15) is 18.4 Å². The number of aryl methyl sites for hydroxylation is 1. The second kappa shape index (κ2) is 8.97. The Morgan fingerprint density at radius 1 is 1.18 bits per heavy atom. The third-order valence-electron chi connectivity index (χ3n) is 4.59. The van der Waals surface area contributed by atoms with Crippen molar-refractivity contribution in [3.8, 4) is 5.75 Å². The van der Waals surface area contributed by atoms with Gasteiger partial charge in [-0.15, -0.1) is 0 Å². The minimum absolute atomic E-state index is 0.143. The number of ether oxygens (including phenoxy) is 1. The number of benzene rings is 2. The van der Waals surface area contributed by atoms with Crippen molar-refractivity contribution in [2.24, 2.45) is 0 Å². The van der Waals surface area contributed by atoms with Gasteiger partial charge in [0.2, 0.25) is 10.0 Å². The maximum absolute atomic E-state index is 12.2. The molecule has 1 fully saturated rings. The Labute approximate surface area is 165 Å². The minimum Gasteiger partial charge on any atom is -0.495 e. The lowest BCUT2D eigenvalue weighted by atomic mass is 10.1. The molecule has 1 aliphatic heterocycles. The normalized spacial score (nSPS) is 15.2. The molecule has 2 aromatic rings. The zero-order valence-electron chi connectivity index (χ0n) is 15.8. The number of hydrogen-bond acceptors (Lipinski definition) is 4. The van der Waals surface area contributed by atoms with Crippen LogP contribution in [0.15, 0.2) is 48.5 Å². The van der Waals surface area contributed by atoms with Gasteiger partial charge in [0.1, 0.15) is 5.75 Å². The second-order valence-corrected chi connectivity index (χ2v) is 8.61. The highest BCUT2D eigenvalue weighted by Crippen LogP contribution is 2.32. The number of rotatable bonds is 7. The minimum atomic E-state index is -3.28. The Kier molecular flexibility index (Phi) is 6.41. The van der Waals surface area contributed by atoms with E-state index in [9.17, 15) is 13.2 Å². The van der Waals surface area contributed by atoms with Crippen LogP contribution < -0.4 is 19.7 Å². The molecule has 150 valence electrons. The quantitative estimate of drug-likeness (QED) is 0.696. The highest BCUT2D eigenvalue weighted by Gasteiger charge is 2.29. The van der Waals surface area contributed by atoms with Gasteiger partial charge >= 0.3 is 6.03 Å². The highest BCUT2D eigenvalue weighted by molar-refractivity contribution is 7.93. The Morgan fingerprint density at radius 3 is 2.64 bits per heavy atom. The Hall–Kier alpha value is -2.74. The van der Waals surface area contributed by atoms with Crippen LogP contribution in [0, 0.1) is 0 Å². The van der Waals surface area contributed by atoms with E-state index in [0.29, 0.717) is 36.6 Å². The molecule has 2 aromatic carbocycles. The Bertz CT molecular complexity index is 916. The highest BCUT2D eigenvalue weighted by atomic mass is 32.2. The molecule has 1 saturated heterocycles. The molecular weight excluding hydrogens is 378 g/mol. The lowest BCUT2D eigenvalue weighted by Gasteiger charge is -2.19. The molecule has 1 aliphatic rings. The average Bonchev–Trinajstić information content (AvgIpc) is 3.05. The standard InChI is InChI=1S/C20H25N3O4S/c1-27-19-11-10-17(23-13-6-14-28(23,25)26)15-18(19)22-20(24)21-12-5-9-16-7-3-2-4-8-16/h2-4,7-8,10-11,15H,5-6,9,12-14H2,1H3,(H2,21,22,24). The number of hydrogen-bond donors (Lipinski definition) is 2. The maximum atomic E-state index is 12.2. The van der Waals surface area contributed by atoms with E-state index in [1.165, 1.54) is 17.0 Å². The fourth-order valence-corrected chi connectivity index (χ4v) is 4.74. The second-order valence-electron chi connectivity index (χ2n) is 6.60. The molecule has 7 nitrogen and oxygen atoms in total. The lowest BCUT2D eigenvalue weighted by Crippen LogP contribution is -2.30. The van der Waals surface area contributed by atoms with Crippen LogP contribution in [-0.4, -0.2) is 40.4 Å². The van der Waals surface area contributed by atoms with Crippen LogP contribution in [0.2, 0.25) is 0 Å². The molecule has 0 saturated carbocycles. The lowest BCUT2D eigenvalue weighted by molar-refractivity contribution is 0.252. The van der Waals surface area contributed by atoms with Gasteiger partial charge in [0, 0.05) is 13.1 Å². The first-order valence-corrected chi connectivity index (χ1v) is 10.9. The molecule has 1 heterocycles. The summed E-state index contributed by atoms with van der Waals surface area (Å²) in [4.78, 5) is 12.2. The molecule has 3 rings (SSSR count). The summed E-state index contributed by atoms with van der Waals surface area (Å²) in [6, 6.07) is 14.7. The van der Waals surface area contributed by atoms with Crippen molar-refractivity contribution in [2.75, 3.05) is 35.6 Å². The molecule has 0 aliphatic carbocycles. The molecule has 0 bridgehead atoms. The molecular formula is C20H25N3O4S. The zero-order chi connectivity index (χ0) is 20.0.